The lowest BCUT2D eigenvalue weighted by Gasteiger charge is -1.93. The number of fused-ring (bicyclic) bond motifs is 1. The molecule has 2 heterocycles. The van der Waals surface area contributed by atoms with Gasteiger partial charge in [0.1, 0.15) is 11.5 Å². The van der Waals surface area contributed by atoms with Crippen molar-refractivity contribution in [2.75, 3.05) is 0 Å². The number of aromatic nitrogens is 1. The van der Waals surface area contributed by atoms with Gasteiger partial charge in [-0.25, -0.2) is 0 Å². The number of para-hydroxylation sites is 1. The zero-order valence-electron chi connectivity index (χ0n) is 10.7. The summed E-state index contributed by atoms with van der Waals surface area (Å²) in [4.78, 5) is 0.868. The van der Waals surface area contributed by atoms with Gasteiger partial charge in [0, 0.05) is 7.05 Å². The summed E-state index contributed by atoms with van der Waals surface area (Å²) in [6, 6.07) is 11.9. The maximum Gasteiger partial charge on any atom is 0.211 e. The number of rotatable bonds is 2. The summed E-state index contributed by atoms with van der Waals surface area (Å²) in [6.45, 7) is 1.88. The molecule has 0 bridgehead atoms. The Labute approximate surface area is 114 Å². The second kappa shape index (κ2) is 4.85. The first-order valence-electron chi connectivity index (χ1n) is 5.92. The Morgan fingerprint density at radius 3 is 2.79 bits per heavy atom. The SMILES string of the molecule is CC(=NN=c1sc2ccccc2n1C)c1ccco1. The molecule has 0 aliphatic heterocycles. The third kappa shape index (κ3) is 2.24. The van der Waals surface area contributed by atoms with Crippen molar-refractivity contribution in [2.24, 2.45) is 17.3 Å². The molecule has 0 fully saturated rings. The molecule has 1 aromatic carbocycles. The molecule has 0 saturated carbocycles. The number of thiazole rings is 1. The topological polar surface area (TPSA) is 42.8 Å². The van der Waals surface area contributed by atoms with Crippen LogP contribution in [-0.2, 0) is 7.05 Å². The maximum absolute atomic E-state index is 5.28. The molecule has 0 amide bonds. The first-order chi connectivity index (χ1) is 9.25. The van der Waals surface area contributed by atoms with Gasteiger partial charge < -0.3 is 8.98 Å². The Morgan fingerprint density at radius 1 is 1.21 bits per heavy atom. The van der Waals surface area contributed by atoms with E-state index in [0.717, 1.165) is 21.8 Å². The van der Waals surface area contributed by atoms with Gasteiger partial charge in [0.15, 0.2) is 0 Å². The van der Waals surface area contributed by atoms with Crippen molar-refractivity contribution in [3.8, 4) is 0 Å². The van der Waals surface area contributed by atoms with Crippen LogP contribution in [0.3, 0.4) is 0 Å². The summed E-state index contributed by atoms with van der Waals surface area (Å²) >= 11 is 1.62. The number of benzene rings is 1. The quantitative estimate of drug-likeness (QED) is 0.521. The molecule has 5 heteroatoms. The van der Waals surface area contributed by atoms with E-state index in [9.17, 15) is 0 Å². The van der Waals surface area contributed by atoms with Crippen LogP contribution in [-0.4, -0.2) is 10.3 Å². The minimum absolute atomic E-state index is 0.743. The van der Waals surface area contributed by atoms with Crippen molar-refractivity contribution in [3.63, 3.8) is 0 Å². The lowest BCUT2D eigenvalue weighted by Crippen LogP contribution is -2.09. The second-order valence-corrected chi connectivity index (χ2v) is 5.18. The van der Waals surface area contributed by atoms with Crippen molar-refractivity contribution in [3.05, 3.63) is 53.2 Å². The molecule has 0 spiro atoms. The fourth-order valence-corrected chi connectivity index (χ4v) is 2.80. The van der Waals surface area contributed by atoms with Gasteiger partial charge >= 0.3 is 0 Å². The Hall–Kier alpha value is -2.14. The largest absolute Gasteiger partial charge is 0.463 e. The molecule has 0 atom stereocenters. The first kappa shape index (κ1) is 11.9. The molecule has 19 heavy (non-hydrogen) atoms. The van der Waals surface area contributed by atoms with E-state index in [0.29, 0.717) is 0 Å². The Bertz CT molecular complexity index is 794. The van der Waals surface area contributed by atoms with E-state index in [1.165, 1.54) is 4.70 Å². The van der Waals surface area contributed by atoms with Gasteiger partial charge in [-0.15, -0.1) is 10.2 Å². The summed E-state index contributed by atoms with van der Waals surface area (Å²) in [5.74, 6) is 0.743. The molecule has 0 unspecified atom stereocenters. The Morgan fingerprint density at radius 2 is 2.05 bits per heavy atom. The van der Waals surface area contributed by atoms with E-state index in [-0.39, 0.29) is 0 Å². The summed E-state index contributed by atoms with van der Waals surface area (Å²) in [5, 5.41) is 8.54. The van der Waals surface area contributed by atoms with Crippen LogP contribution in [0.2, 0.25) is 0 Å². The van der Waals surface area contributed by atoms with Crippen LogP contribution in [0.5, 0.6) is 0 Å². The normalized spacial score (nSPS) is 13.4. The maximum atomic E-state index is 5.28. The minimum atomic E-state index is 0.743. The van der Waals surface area contributed by atoms with Crippen LogP contribution >= 0.6 is 11.3 Å². The van der Waals surface area contributed by atoms with E-state index in [1.807, 2.05) is 42.8 Å². The molecule has 4 nitrogen and oxygen atoms in total. The van der Waals surface area contributed by atoms with E-state index in [1.54, 1.807) is 17.6 Å². The fraction of sp³-hybridized carbons (Fsp3) is 0.143. The van der Waals surface area contributed by atoms with Crippen LogP contribution in [0.25, 0.3) is 10.2 Å². The highest BCUT2D eigenvalue weighted by Crippen LogP contribution is 2.15. The van der Waals surface area contributed by atoms with Gasteiger partial charge in [-0.1, -0.05) is 23.5 Å². The minimum Gasteiger partial charge on any atom is -0.463 e. The highest BCUT2D eigenvalue weighted by Gasteiger charge is 2.02. The van der Waals surface area contributed by atoms with Crippen molar-refractivity contribution in [1.82, 2.24) is 4.57 Å². The monoisotopic (exact) mass is 271 g/mol. The van der Waals surface area contributed by atoms with Gasteiger partial charge in [0.25, 0.3) is 0 Å². The molecule has 96 valence electrons. The zero-order chi connectivity index (χ0) is 13.2. The van der Waals surface area contributed by atoms with Crippen LogP contribution in [0.1, 0.15) is 12.7 Å². The van der Waals surface area contributed by atoms with E-state index >= 15 is 0 Å². The smallest absolute Gasteiger partial charge is 0.211 e. The number of hydrogen-bond donors (Lipinski definition) is 0. The van der Waals surface area contributed by atoms with Crippen molar-refractivity contribution in [2.45, 2.75) is 6.92 Å². The molecule has 2 aromatic heterocycles. The molecular formula is C14H13N3OS. The highest BCUT2D eigenvalue weighted by molar-refractivity contribution is 7.16. The summed E-state index contributed by atoms with van der Waals surface area (Å²) in [6.07, 6.45) is 1.63. The average molecular weight is 271 g/mol. The second-order valence-electron chi connectivity index (χ2n) is 4.17. The molecule has 0 aliphatic carbocycles. The fourth-order valence-electron chi connectivity index (χ4n) is 1.83. The van der Waals surface area contributed by atoms with Gasteiger partial charge in [-0.05, 0) is 31.2 Å². The van der Waals surface area contributed by atoms with Gasteiger partial charge in [0.2, 0.25) is 4.80 Å². The average Bonchev–Trinajstić information content (AvgIpc) is 3.05. The first-order valence-corrected chi connectivity index (χ1v) is 6.74. The summed E-state index contributed by atoms with van der Waals surface area (Å²) in [7, 11) is 2.00. The highest BCUT2D eigenvalue weighted by atomic mass is 32.1. The number of nitrogens with zero attached hydrogens (tertiary/aromatic N) is 3. The standard InChI is InChI=1S/C14H13N3OS/c1-10(12-7-5-9-18-12)15-16-14-17(2)11-6-3-4-8-13(11)19-14/h3-9H,1-2H3. The molecular weight excluding hydrogens is 258 g/mol. The van der Waals surface area contributed by atoms with Gasteiger partial charge in [0.05, 0.1) is 16.5 Å². The molecule has 0 N–H and O–H groups in total. The van der Waals surface area contributed by atoms with Crippen LogP contribution < -0.4 is 4.80 Å². The Balaban J connectivity index is 2.07. The third-order valence-corrected chi connectivity index (χ3v) is 3.98. The number of hydrogen-bond acceptors (Lipinski definition) is 4. The molecule has 0 radical (unpaired) electrons. The van der Waals surface area contributed by atoms with Crippen LogP contribution in [0.15, 0.2) is 57.3 Å². The van der Waals surface area contributed by atoms with Crippen LogP contribution in [0, 0.1) is 0 Å². The number of furan rings is 1. The Kier molecular flexibility index (Phi) is 3.05. The third-order valence-electron chi connectivity index (χ3n) is 2.88. The lowest BCUT2D eigenvalue weighted by molar-refractivity contribution is 0.557. The lowest BCUT2D eigenvalue weighted by atomic mass is 10.3. The molecule has 0 aliphatic rings. The van der Waals surface area contributed by atoms with Crippen molar-refractivity contribution < 1.29 is 4.42 Å². The molecule has 3 aromatic rings. The van der Waals surface area contributed by atoms with Gasteiger partial charge in [-0.3, -0.25) is 0 Å². The van der Waals surface area contributed by atoms with E-state index < -0.39 is 0 Å². The zero-order valence-corrected chi connectivity index (χ0v) is 11.5. The molecule has 3 rings (SSSR count). The summed E-state index contributed by atoms with van der Waals surface area (Å²) in [5.41, 5.74) is 1.93. The van der Waals surface area contributed by atoms with Crippen molar-refractivity contribution >= 4 is 27.3 Å². The van der Waals surface area contributed by atoms with Gasteiger partial charge in [-0.2, -0.15) is 0 Å². The van der Waals surface area contributed by atoms with E-state index in [2.05, 4.69) is 22.3 Å². The van der Waals surface area contributed by atoms with Crippen LogP contribution in [0.4, 0.5) is 0 Å². The number of aryl methyl sites for hydroxylation is 1. The van der Waals surface area contributed by atoms with Crippen molar-refractivity contribution in [1.29, 1.82) is 0 Å². The predicted molar refractivity (Wildman–Crippen MR) is 77.3 cm³/mol. The molecule has 0 saturated heterocycles. The summed E-state index contributed by atoms with van der Waals surface area (Å²) < 4.78 is 8.52. The van der Waals surface area contributed by atoms with E-state index in [4.69, 9.17) is 4.42 Å². The predicted octanol–water partition coefficient (Wildman–Crippen LogP) is 3.16.